The normalized spacial score (nSPS) is 10.6. The van der Waals surface area contributed by atoms with E-state index in [0.717, 1.165) is 12.1 Å². The molecule has 1 N–H and O–H groups in total. The van der Waals surface area contributed by atoms with Crippen molar-refractivity contribution in [2.75, 3.05) is 0 Å². The Labute approximate surface area is 105 Å². The molecule has 1 heterocycles. The maximum atomic E-state index is 12.2. The molecule has 1 aromatic heterocycles. The molecule has 0 aliphatic carbocycles. The first-order chi connectivity index (χ1) is 8.65. The molecular weight excluding hydrogens is 228 g/mol. The molecule has 94 valence electrons. The van der Waals surface area contributed by atoms with Crippen molar-refractivity contribution >= 4 is 5.78 Å². The van der Waals surface area contributed by atoms with Crippen LogP contribution in [-0.2, 0) is 0 Å². The second-order valence-electron chi connectivity index (χ2n) is 4.26. The molecule has 0 aliphatic rings. The minimum Gasteiger partial charge on any atom is -0.295 e. The van der Waals surface area contributed by atoms with Crippen molar-refractivity contribution in [3.05, 3.63) is 51.9 Å². The minimum atomic E-state index is -0.267. The molecule has 2 rings (SSSR count). The summed E-state index contributed by atoms with van der Waals surface area (Å²) in [5.74, 6) is -0.0917. The van der Waals surface area contributed by atoms with E-state index in [1.54, 1.807) is 6.92 Å². The van der Waals surface area contributed by atoms with Crippen LogP contribution in [0, 0.1) is 6.92 Å². The van der Waals surface area contributed by atoms with E-state index in [-0.39, 0.29) is 16.9 Å². The maximum absolute atomic E-state index is 12.2. The van der Waals surface area contributed by atoms with E-state index >= 15 is 0 Å². The van der Waals surface area contributed by atoms with Crippen LogP contribution >= 0.6 is 0 Å². The number of aromatic nitrogens is 2. The number of benzene rings is 1. The van der Waals surface area contributed by atoms with Gasteiger partial charge in [-0.05, 0) is 25.5 Å². The number of rotatable bonds is 4. The number of hydrogen-bond donors (Lipinski definition) is 1. The first kappa shape index (κ1) is 12.4. The summed E-state index contributed by atoms with van der Waals surface area (Å²) in [4.78, 5) is 24.1. The number of nitrogens with zero attached hydrogens (tertiary/aromatic N) is 1. The molecular formula is C14H16N2O2. The lowest BCUT2D eigenvalue weighted by Crippen LogP contribution is -2.20. The van der Waals surface area contributed by atoms with E-state index in [1.807, 2.05) is 37.3 Å². The van der Waals surface area contributed by atoms with Gasteiger partial charge < -0.3 is 0 Å². The molecule has 4 nitrogen and oxygen atoms in total. The van der Waals surface area contributed by atoms with Gasteiger partial charge in [0.05, 0.1) is 5.69 Å². The zero-order valence-corrected chi connectivity index (χ0v) is 10.6. The molecule has 0 aliphatic heterocycles. The largest absolute Gasteiger partial charge is 0.295 e. The summed E-state index contributed by atoms with van der Waals surface area (Å²) in [5.41, 5.74) is 1.38. The van der Waals surface area contributed by atoms with Crippen LogP contribution < -0.4 is 5.56 Å². The minimum absolute atomic E-state index is 0.0917. The summed E-state index contributed by atoms with van der Waals surface area (Å²) < 4.78 is 1.41. The Morgan fingerprint density at radius 1 is 1.28 bits per heavy atom. The van der Waals surface area contributed by atoms with Crippen molar-refractivity contribution in [1.29, 1.82) is 0 Å². The Kier molecular flexibility index (Phi) is 3.46. The smallest absolute Gasteiger partial charge is 0.282 e. The monoisotopic (exact) mass is 244 g/mol. The van der Waals surface area contributed by atoms with Crippen LogP contribution in [0.4, 0.5) is 0 Å². The summed E-state index contributed by atoms with van der Waals surface area (Å²) >= 11 is 0. The summed E-state index contributed by atoms with van der Waals surface area (Å²) in [6.07, 6.45) is 1.15. The Bertz CT molecular complexity index is 608. The van der Waals surface area contributed by atoms with Gasteiger partial charge in [-0.15, -0.1) is 0 Å². The number of nitrogens with one attached hydrogen (secondary N) is 1. The van der Waals surface area contributed by atoms with Crippen LogP contribution in [0.15, 0.2) is 35.1 Å². The molecule has 18 heavy (non-hydrogen) atoms. The summed E-state index contributed by atoms with van der Waals surface area (Å²) in [6.45, 7) is 3.68. The van der Waals surface area contributed by atoms with Crippen LogP contribution in [-0.4, -0.2) is 15.6 Å². The molecule has 1 aromatic carbocycles. The van der Waals surface area contributed by atoms with Gasteiger partial charge in [-0.1, -0.05) is 25.1 Å². The quantitative estimate of drug-likeness (QED) is 0.840. The van der Waals surface area contributed by atoms with E-state index in [2.05, 4.69) is 5.10 Å². The topological polar surface area (TPSA) is 54.9 Å². The molecule has 0 spiro atoms. The second kappa shape index (κ2) is 5.04. The number of para-hydroxylation sites is 1. The van der Waals surface area contributed by atoms with Crippen molar-refractivity contribution in [2.45, 2.75) is 26.7 Å². The van der Waals surface area contributed by atoms with Gasteiger partial charge in [-0.25, -0.2) is 4.68 Å². The predicted molar refractivity (Wildman–Crippen MR) is 70.4 cm³/mol. The van der Waals surface area contributed by atoms with E-state index < -0.39 is 0 Å². The summed E-state index contributed by atoms with van der Waals surface area (Å²) in [6, 6.07) is 9.24. The van der Waals surface area contributed by atoms with E-state index in [4.69, 9.17) is 0 Å². The van der Waals surface area contributed by atoms with Gasteiger partial charge in [-0.2, -0.15) is 0 Å². The molecule has 4 heteroatoms. The second-order valence-corrected chi connectivity index (χ2v) is 4.26. The van der Waals surface area contributed by atoms with Crippen LogP contribution in [0.3, 0.4) is 0 Å². The highest BCUT2D eigenvalue weighted by atomic mass is 16.2. The van der Waals surface area contributed by atoms with E-state index in [9.17, 15) is 9.59 Å². The third-order valence-corrected chi connectivity index (χ3v) is 2.84. The molecule has 0 bridgehead atoms. The van der Waals surface area contributed by atoms with Crippen molar-refractivity contribution in [2.24, 2.45) is 0 Å². The number of aryl methyl sites for hydroxylation is 1. The number of aromatic amines is 1. The Balaban J connectivity index is 2.51. The fourth-order valence-electron chi connectivity index (χ4n) is 1.99. The lowest BCUT2D eigenvalue weighted by Gasteiger charge is -1.99. The van der Waals surface area contributed by atoms with E-state index in [0.29, 0.717) is 12.1 Å². The highest BCUT2D eigenvalue weighted by Crippen LogP contribution is 2.09. The first-order valence-electron chi connectivity index (χ1n) is 6.05. The third-order valence-electron chi connectivity index (χ3n) is 2.84. The molecule has 0 fully saturated rings. The number of Topliss-reactive ketones (excluding diaryl/α,β-unsaturated/α-hetero) is 1. The number of carbonyl (C=O) groups excluding carboxylic acids is 1. The Morgan fingerprint density at radius 2 is 1.94 bits per heavy atom. The number of ketones is 1. The number of H-pyrrole nitrogens is 1. The van der Waals surface area contributed by atoms with Gasteiger partial charge >= 0.3 is 0 Å². The van der Waals surface area contributed by atoms with E-state index in [1.165, 1.54) is 4.68 Å². The van der Waals surface area contributed by atoms with Gasteiger partial charge in [0.25, 0.3) is 5.56 Å². The molecule has 2 aromatic rings. The van der Waals surface area contributed by atoms with Gasteiger partial charge in [-0.3, -0.25) is 14.7 Å². The van der Waals surface area contributed by atoms with Crippen molar-refractivity contribution in [1.82, 2.24) is 9.78 Å². The number of hydrogen-bond acceptors (Lipinski definition) is 2. The molecule has 0 saturated carbocycles. The van der Waals surface area contributed by atoms with Gasteiger partial charge in [0.1, 0.15) is 5.56 Å². The fourth-order valence-corrected chi connectivity index (χ4v) is 1.99. The van der Waals surface area contributed by atoms with Gasteiger partial charge in [0, 0.05) is 12.1 Å². The predicted octanol–water partition coefficient (Wildman–Crippen LogP) is 2.46. The lowest BCUT2D eigenvalue weighted by molar-refractivity contribution is 0.0980. The highest BCUT2D eigenvalue weighted by molar-refractivity contribution is 5.96. The average molecular weight is 244 g/mol. The standard InChI is InChI=1S/C14H16N2O2/c1-3-7-12(17)13-10(2)15-16(14(13)18)11-8-5-4-6-9-11/h4-6,8-9,15H,3,7H2,1-2H3. The Morgan fingerprint density at radius 3 is 2.56 bits per heavy atom. The zero-order chi connectivity index (χ0) is 13.1. The number of carbonyl (C=O) groups is 1. The molecule has 0 amide bonds. The van der Waals surface area contributed by atoms with Crippen LogP contribution in [0.5, 0.6) is 0 Å². The molecule has 0 radical (unpaired) electrons. The van der Waals surface area contributed by atoms with Gasteiger partial charge in [0.15, 0.2) is 5.78 Å². The van der Waals surface area contributed by atoms with Crippen LogP contribution in [0.25, 0.3) is 5.69 Å². The Hall–Kier alpha value is -2.10. The lowest BCUT2D eigenvalue weighted by atomic mass is 10.1. The van der Waals surface area contributed by atoms with Crippen molar-refractivity contribution < 1.29 is 4.79 Å². The summed E-state index contributed by atoms with van der Waals surface area (Å²) in [5, 5.41) is 2.95. The first-order valence-corrected chi connectivity index (χ1v) is 6.05. The van der Waals surface area contributed by atoms with Crippen molar-refractivity contribution in [3.8, 4) is 5.69 Å². The van der Waals surface area contributed by atoms with Crippen LogP contribution in [0.1, 0.15) is 35.8 Å². The third kappa shape index (κ3) is 2.14. The fraction of sp³-hybridized carbons (Fsp3) is 0.286. The average Bonchev–Trinajstić information content (AvgIpc) is 2.66. The maximum Gasteiger partial charge on any atom is 0.282 e. The molecule has 0 atom stereocenters. The highest BCUT2D eigenvalue weighted by Gasteiger charge is 2.18. The molecule has 0 unspecified atom stereocenters. The summed E-state index contributed by atoms with van der Waals surface area (Å²) in [7, 11) is 0. The van der Waals surface area contributed by atoms with Crippen molar-refractivity contribution in [3.63, 3.8) is 0 Å². The zero-order valence-electron chi connectivity index (χ0n) is 10.6. The SMILES string of the molecule is CCCC(=O)c1c(C)[nH]n(-c2ccccc2)c1=O. The molecule has 0 saturated heterocycles. The van der Waals surface area contributed by atoms with Crippen LogP contribution in [0.2, 0.25) is 0 Å². The van der Waals surface area contributed by atoms with Gasteiger partial charge in [0.2, 0.25) is 0 Å².